The second-order valence-electron chi connectivity index (χ2n) is 14.0. The Bertz CT molecular complexity index is 1210. The number of aliphatic hydroxyl groups is 2. The highest BCUT2D eigenvalue weighted by Gasteiger charge is 2.34. The van der Waals surface area contributed by atoms with Crippen molar-refractivity contribution in [2.45, 2.75) is 115 Å². The zero-order chi connectivity index (χ0) is 36.6. The summed E-state index contributed by atoms with van der Waals surface area (Å²) in [6, 6.07) is 7.28. The number of likely N-dealkylation sites (N-methyl/N-ethyl adjacent to an activating group) is 2. The Kier molecular flexibility index (Phi) is 18.2. The van der Waals surface area contributed by atoms with E-state index in [1.807, 2.05) is 44.2 Å². The van der Waals surface area contributed by atoms with E-state index in [4.69, 9.17) is 0 Å². The van der Waals surface area contributed by atoms with Gasteiger partial charge in [0.05, 0.1) is 24.6 Å². The van der Waals surface area contributed by atoms with Gasteiger partial charge in [0.15, 0.2) is 0 Å². The van der Waals surface area contributed by atoms with Gasteiger partial charge < -0.3 is 25.7 Å². The van der Waals surface area contributed by atoms with Crippen LogP contribution in [0.5, 0.6) is 0 Å². The highest BCUT2D eigenvalue weighted by atomic mass is 19.4. The van der Waals surface area contributed by atoms with Gasteiger partial charge in [0.25, 0.3) is 0 Å². The predicted octanol–water partition coefficient (Wildman–Crippen LogP) is 4.31. The summed E-state index contributed by atoms with van der Waals surface area (Å²) in [5, 5.41) is 27.7. The molecule has 0 spiro atoms. The van der Waals surface area contributed by atoms with Gasteiger partial charge in [-0.1, -0.05) is 76.3 Å². The molecular formula is C37H57F3N4O5. The fraction of sp³-hybridized carbons (Fsp3) is 0.703. The van der Waals surface area contributed by atoms with Gasteiger partial charge in [0, 0.05) is 33.0 Å². The number of rotatable bonds is 19. The predicted molar refractivity (Wildman–Crippen MR) is 184 cm³/mol. The number of hydrogen-bond acceptors (Lipinski definition) is 6. The van der Waals surface area contributed by atoms with Crippen LogP contribution in [0.1, 0.15) is 84.1 Å². The van der Waals surface area contributed by atoms with E-state index in [-0.39, 0.29) is 44.2 Å². The minimum absolute atomic E-state index is 0.00499. The normalized spacial score (nSPS) is 17.0. The SMILES string of the molecule is CC#CC[C@H](NC(=O)[C@@H](CC(=O)N(C)CCN(C)CC(F)(F)F)Cc1ccccc1)C(=O)N[C@@H](CC1CCCCC1)[C@@H](O)[C@@H](O)CC(C)C. The first-order valence-electron chi connectivity index (χ1n) is 17.5. The number of halogens is 3. The van der Waals surface area contributed by atoms with Crippen molar-refractivity contribution < 1.29 is 37.8 Å². The lowest BCUT2D eigenvalue weighted by Crippen LogP contribution is -2.56. The molecule has 1 aliphatic carbocycles. The van der Waals surface area contributed by atoms with Crippen molar-refractivity contribution in [3.63, 3.8) is 0 Å². The molecule has 0 unspecified atom stereocenters. The topological polar surface area (TPSA) is 122 Å². The van der Waals surface area contributed by atoms with Gasteiger partial charge in [-0.05, 0) is 50.6 Å². The first-order valence-corrected chi connectivity index (χ1v) is 17.5. The number of alkyl halides is 3. The molecule has 49 heavy (non-hydrogen) atoms. The molecule has 2 rings (SSSR count). The molecule has 0 aliphatic heterocycles. The molecule has 1 aliphatic rings. The molecule has 3 amide bonds. The van der Waals surface area contributed by atoms with E-state index in [2.05, 4.69) is 22.5 Å². The summed E-state index contributed by atoms with van der Waals surface area (Å²) < 4.78 is 38.3. The lowest BCUT2D eigenvalue weighted by atomic mass is 9.82. The van der Waals surface area contributed by atoms with Gasteiger partial charge >= 0.3 is 6.18 Å². The molecule has 5 atom stereocenters. The summed E-state index contributed by atoms with van der Waals surface area (Å²) in [4.78, 5) is 43.3. The number of carbonyl (C=O) groups excluding carboxylic acids is 3. The molecule has 0 heterocycles. The van der Waals surface area contributed by atoms with E-state index in [0.717, 1.165) is 42.6 Å². The molecule has 0 radical (unpaired) electrons. The largest absolute Gasteiger partial charge is 0.401 e. The third-order valence-electron chi connectivity index (χ3n) is 9.08. The summed E-state index contributed by atoms with van der Waals surface area (Å²) >= 11 is 0. The maximum absolute atomic E-state index is 13.8. The summed E-state index contributed by atoms with van der Waals surface area (Å²) in [5.41, 5.74) is 0.798. The molecule has 12 heteroatoms. The average Bonchev–Trinajstić information content (AvgIpc) is 3.04. The Balaban J connectivity index is 2.23. The maximum atomic E-state index is 13.8. The van der Waals surface area contributed by atoms with Gasteiger partial charge in [-0.15, -0.1) is 11.8 Å². The number of nitrogens with one attached hydrogen (secondary N) is 2. The fourth-order valence-electron chi connectivity index (χ4n) is 6.30. The van der Waals surface area contributed by atoms with Crippen LogP contribution in [0.15, 0.2) is 30.3 Å². The van der Waals surface area contributed by atoms with Crippen molar-refractivity contribution in [2.75, 3.05) is 33.7 Å². The molecule has 1 saturated carbocycles. The van der Waals surface area contributed by atoms with Gasteiger partial charge in [-0.25, -0.2) is 0 Å². The Morgan fingerprint density at radius 2 is 1.63 bits per heavy atom. The Morgan fingerprint density at radius 3 is 2.22 bits per heavy atom. The summed E-state index contributed by atoms with van der Waals surface area (Å²) in [7, 11) is 2.81. The van der Waals surface area contributed by atoms with Gasteiger partial charge in [-0.3, -0.25) is 19.3 Å². The van der Waals surface area contributed by atoms with E-state index in [1.165, 1.54) is 19.0 Å². The zero-order valence-electron chi connectivity index (χ0n) is 29.8. The number of carbonyl (C=O) groups is 3. The van der Waals surface area contributed by atoms with Crippen LogP contribution in [0, 0.1) is 29.6 Å². The van der Waals surface area contributed by atoms with E-state index in [1.54, 1.807) is 6.92 Å². The maximum Gasteiger partial charge on any atom is 0.401 e. The van der Waals surface area contributed by atoms with E-state index in [9.17, 15) is 37.8 Å². The minimum Gasteiger partial charge on any atom is -0.390 e. The van der Waals surface area contributed by atoms with E-state index < -0.39 is 60.7 Å². The van der Waals surface area contributed by atoms with Crippen LogP contribution in [0.3, 0.4) is 0 Å². The Hall–Kier alpha value is -3.14. The Labute approximate surface area is 290 Å². The molecule has 1 fully saturated rings. The van der Waals surface area contributed by atoms with Crippen LogP contribution < -0.4 is 10.6 Å². The lowest BCUT2D eigenvalue weighted by molar-refractivity contribution is -0.144. The second kappa shape index (κ2) is 21.2. The molecule has 9 nitrogen and oxygen atoms in total. The minimum atomic E-state index is -4.36. The molecule has 4 N–H and O–H groups in total. The molecule has 0 aromatic heterocycles. The highest BCUT2D eigenvalue weighted by molar-refractivity contribution is 5.91. The summed E-state index contributed by atoms with van der Waals surface area (Å²) in [6.07, 6.45) is -0.533. The van der Waals surface area contributed by atoms with Crippen LogP contribution in [0.4, 0.5) is 13.2 Å². The van der Waals surface area contributed by atoms with Crippen molar-refractivity contribution in [1.82, 2.24) is 20.4 Å². The number of benzene rings is 1. The van der Waals surface area contributed by atoms with E-state index >= 15 is 0 Å². The third kappa shape index (κ3) is 16.4. The molecule has 0 bridgehead atoms. The van der Waals surface area contributed by atoms with Crippen LogP contribution in [0.2, 0.25) is 0 Å². The molecule has 1 aromatic carbocycles. The van der Waals surface area contributed by atoms with Crippen LogP contribution >= 0.6 is 0 Å². The standard InChI is InChI=1S/C37H57F3N4O5/c1-6-7-18-30(36(49)42-31(23-28-16-12-9-13-17-28)34(47)32(45)21-26(2)3)41-35(48)29(22-27-14-10-8-11-15-27)24-33(46)44(5)20-19-43(4)25-37(38,39)40/h8,10-11,14-15,26,28-32,34,45,47H,9,12-13,16-25H2,1-5H3,(H,41,48)(H,42,49)/t29-,30+,31+,32+,34-/m1/s1. The monoisotopic (exact) mass is 694 g/mol. The van der Waals surface area contributed by atoms with Gasteiger partial charge in [-0.2, -0.15) is 13.2 Å². The molecule has 276 valence electrons. The van der Waals surface area contributed by atoms with Crippen molar-refractivity contribution in [3.05, 3.63) is 35.9 Å². The van der Waals surface area contributed by atoms with Crippen LogP contribution in [-0.2, 0) is 20.8 Å². The van der Waals surface area contributed by atoms with Gasteiger partial charge in [0.1, 0.15) is 12.1 Å². The first kappa shape index (κ1) is 42.0. The third-order valence-corrected chi connectivity index (χ3v) is 9.08. The number of aliphatic hydroxyl groups excluding tert-OH is 2. The number of amides is 3. The lowest BCUT2D eigenvalue weighted by Gasteiger charge is -2.33. The Morgan fingerprint density at radius 1 is 0.980 bits per heavy atom. The summed E-state index contributed by atoms with van der Waals surface area (Å²) in [5.74, 6) is 3.66. The van der Waals surface area contributed by atoms with E-state index in [0.29, 0.717) is 12.8 Å². The van der Waals surface area contributed by atoms with Gasteiger partial charge in [0.2, 0.25) is 17.7 Å². The highest BCUT2D eigenvalue weighted by Crippen LogP contribution is 2.29. The van der Waals surface area contributed by atoms with Crippen LogP contribution in [-0.4, -0.2) is 102 Å². The van der Waals surface area contributed by atoms with Crippen molar-refractivity contribution in [3.8, 4) is 11.8 Å². The van der Waals surface area contributed by atoms with Crippen molar-refractivity contribution >= 4 is 17.7 Å². The van der Waals surface area contributed by atoms with Crippen molar-refractivity contribution in [2.24, 2.45) is 17.8 Å². The average molecular weight is 695 g/mol. The molecule has 0 saturated heterocycles. The second-order valence-corrected chi connectivity index (χ2v) is 14.0. The summed E-state index contributed by atoms with van der Waals surface area (Å²) in [6.45, 7) is 4.44. The number of nitrogens with zero attached hydrogens (tertiary/aromatic N) is 2. The first-order chi connectivity index (χ1) is 23.1. The fourth-order valence-corrected chi connectivity index (χ4v) is 6.30. The zero-order valence-corrected chi connectivity index (χ0v) is 29.8. The molecule has 1 aromatic rings. The number of hydrogen-bond donors (Lipinski definition) is 4. The van der Waals surface area contributed by atoms with Crippen LogP contribution in [0.25, 0.3) is 0 Å². The van der Waals surface area contributed by atoms with Crippen molar-refractivity contribution in [1.29, 1.82) is 0 Å². The molecular weight excluding hydrogens is 637 g/mol. The smallest absolute Gasteiger partial charge is 0.390 e. The quantitative estimate of drug-likeness (QED) is 0.160.